The van der Waals surface area contributed by atoms with Crippen LogP contribution in [0.4, 0.5) is 13.2 Å². The molecule has 0 radical (unpaired) electrons. The third-order valence-electron chi connectivity index (χ3n) is 2.11. The first-order chi connectivity index (χ1) is 8.54. The first-order valence-corrected chi connectivity index (χ1v) is 7.32. The predicted molar refractivity (Wildman–Crippen MR) is 69.1 cm³/mol. The van der Waals surface area contributed by atoms with E-state index in [1.165, 1.54) is 0 Å². The Bertz CT molecular complexity index is 596. The molecule has 0 aliphatic carbocycles. The number of alkyl halides is 3. The monoisotopic (exact) mass is 357 g/mol. The summed E-state index contributed by atoms with van der Waals surface area (Å²) in [6.45, 7) is 5.08. The molecule has 0 atom stereocenters. The minimum atomic E-state index is -4.60. The lowest BCUT2D eigenvalue weighted by Crippen LogP contribution is -2.26. The number of halogens is 4. The van der Waals surface area contributed by atoms with Crippen LogP contribution in [0, 0.1) is 0 Å². The minimum Gasteiger partial charge on any atom is -0.207 e. The van der Waals surface area contributed by atoms with Gasteiger partial charge in [-0.3, -0.25) is 0 Å². The van der Waals surface area contributed by atoms with Gasteiger partial charge in [-0.15, -0.1) is 0 Å². The molecule has 0 aliphatic rings. The molecule has 1 aromatic rings. The lowest BCUT2D eigenvalue weighted by molar-refractivity contribution is -0.137. The summed E-state index contributed by atoms with van der Waals surface area (Å²) in [5.74, 6) is 0. The maximum absolute atomic E-state index is 12.6. The largest absolute Gasteiger partial charge is 0.416 e. The number of benzene rings is 1. The van der Waals surface area contributed by atoms with Gasteiger partial charge in [0.15, 0.2) is 0 Å². The van der Waals surface area contributed by atoms with E-state index in [4.69, 9.17) is 0 Å². The van der Waals surface area contributed by atoms with E-state index in [2.05, 4.69) is 27.2 Å². The van der Waals surface area contributed by atoms with Gasteiger partial charge in [-0.1, -0.05) is 12.2 Å². The quantitative estimate of drug-likeness (QED) is 0.840. The molecule has 1 rings (SSSR count). The molecule has 0 aliphatic heterocycles. The van der Waals surface area contributed by atoms with Crippen LogP contribution < -0.4 is 4.72 Å². The van der Waals surface area contributed by atoms with Crippen molar-refractivity contribution >= 4 is 26.0 Å². The Labute approximate surface area is 117 Å². The van der Waals surface area contributed by atoms with Gasteiger partial charge in [0.2, 0.25) is 10.0 Å². The molecule has 1 aromatic carbocycles. The van der Waals surface area contributed by atoms with E-state index in [1.807, 2.05) is 0 Å². The van der Waals surface area contributed by atoms with Crippen molar-refractivity contribution in [2.45, 2.75) is 18.0 Å². The molecule has 1 N–H and O–H groups in total. The van der Waals surface area contributed by atoms with Gasteiger partial charge < -0.3 is 0 Å². The maximum atomic E-state index is 12.6. The maximum Gasteiger partial charge on any atom is 0.416 e. The zero-order valence-corrected chi connectivity index (χ0v) is 12.3. The third kappa shape index (κ3) is 4.32. The third-order valence-corrected chi connectivity index (χ3v) is 4.51. The predicted octanol–water partition coefficient (Wildman–Crippen LogP) is 3.32. The summed E-state index contributed by atoms with van der Waals surface area (Å²) in [6, 6.07) is 2.45. The Balaban J connectivity index is 3.22. The normalized spacial score (nSPS) is 12.5. The first-order valence-electron chi connectivity index (χ1n) is 5.05. The highest BCUT2D eigenvalue weighted by atomic mass is 79.9. The van der Waals surface area contributed by atoms with Crippen molar-refractivity contribution in [3.8, 4) is 0 Å². The van der Waals surface area contributed by atoms with E-state index in [-0.39, 0.29) is 11.0 Å². The Kier molecular flexibility index (Phi) is 4.81. The van der Waals surface area contributed by atoms with Gasteiger partial charge in [-0.2, -0.15) is 13.2 Å². The average Bonchev–Trinajstić information content (AvgIpc) is 2.25. The second-order valence-corrected chi connectivity index (χ2v) is 6.51. The number of nitrogens with one attached hydrogen (secondary N) is 1. The molecule has 0 fully saturated rings. The van der Waals surface area contributed by atoms with Gasteiger partial charge in [-0.25, -0.2) is 13.1 Å². The molecule has 0 bridgehead atoms. The molecule has 19 heavy (non-hydrogen) atoms. The van der Waals surface area contributed by atoms with E-state index in [0.29, 0.717) is 11.6 Å². The highest BCUT2D eigenvalue weighted by Crippen LogP contribution is 2.33. The van der Waals surface area contributed by atoms with Crippen LogP contribution in [0.25, 0.3) is 0 Å². The summed E-state index contributed by atoms with van der Waals surface area (Å²) in [7, 11) is -4.03. The topological polar surface area (TPSA) is 46.2 Å². The Morgan fingerprint density at radius 1 is 1.42 bits per heavy atom. The molecule has 0 spiro atoms. The standard InChI is InChI=1S/C11H11BrF3NO2S/c1-7(2)6-16-19(17,18)10-5-8(11(13,14)15)3-4-9(10)12/h3-5,16H,1,6H2,2H3. The molecule has 0 aromatic heterocycles. The molecular weight excluding hydrogens is 347 g/mol. The Hall–Kier alpha value is -0.860. The molecule has 3 nitrogen and oxygen atoms in total. The number of hydrogen-bond donors (Lipinski definition) is 1. The molecular formula is C11H11BrF3NO2S. The van der Waals surface area contributed by atoms with Gasteiger partial charge in [0, 0.05) is 11.0 Å². The Morgan fingerprint density at radius 2 is 2.00 bits per heavy atom. The zero-order valence-electron chi connectivity index (χ0n) is 9.88. The lowest BCUT2D eigenvalue weighted by atomic mass is 10.2. The highest BCUT2D eigenvalue weighted by molar-refractivity contribution is 9.10. The van der Waals surface area contributed by atoms with Crippen molar-refractivity contribution < 1.29 is 21.6 Å². The summed E-state index contributed by atoms with van der Waals surface area (Å²) >= 11 is 2.93. The van der Waals surface area contributed by atoms with Gasteiger partial charge in [0.05, 0.1) is 10.5 Å². The molecule has 8 heteroatoms. The van der Waals surface area contributed by atoms with Crippen LogP contribution in [0.5, 0.6) is 0 Å². The van der Waals surface area contributed by atoms with Crippen molar-refractivity contribution in [1.82, 2.24) is 4.72 Å². The van der Waals surface area contributed by atoms with E-state index in [9.17, 15) is 21.6 Å². The number of hydrogen-bond acceptors (Lipinski definition) is 2. The van der Waals surface area contributed by atoms with Gasteiger partial charge in [0.1, 0.15) is 0 Å². The van der Waals surface area contributed by atoms with Crippen molar-refractivity contribution in [3.63, 3.8) is 0 Å². The van der Waals surface area contributed by atoms with Crippen molar-refractivity contribution in [3.05, 3.63) is 40.4 Å². The average molecular weight is 358 g/mol. The second-order valence-electron chi connectivity index (χ2n) is 3.92. The molecule has 0 heterocycles. The highest BCUT2D eigenvalue weighted by Gasteiger charge is 2.32. The fourth-order valence-electron chi connectivity index (χ4n) is 1.18. The zero-order chi connectivity index (χ0) is 14.8. The molecule has 0 saturated carbocycles. The van der Waals surface area contributed by atoms with E-state index >= 15 is 0 Å². The molecule has 0 amide bonds. The molecule has 106 valence electrons. The first kappa shape index (κ1) is 16.2. The fourth-order valence-corrected chi connectivity index (χ4v) is 3.27. The summed E-state index contributed by atoms with van der Waals surface area (Å²) < 4.78 is 63.7. The summed E-state index contributed by atoms with van der Waals surface area (Å²) in [6.07, 6.45) is -4.60. The summed E-state index contributed by atoms with van der Waals surface area (Å²) in [5, 5.41) is 0. The van der Waals surface area contributed by atoms with E-state index in [1.54, 1.807) is 6.92 Å². The van der Waals surface area contributed by atoms with Gasteiger partial charge in [0.25, 0.3) is 0 Å². The summed E-state index contributed by atoms with van der Waals surface area (Å²) in [4.78, 5) is -0.455. The molecule has 0 saturated heterocycles. The van der Waals surface area contributed by atoms with Crippen LogP contribution in [-0.2, 0) is 16.2 Å². The summed E-state index contributed by atoms with van der Waals surface area (Å²) in [5.41, 5.74) is -0.474. The van der Waals surface area contributed by atoms with Crippen LogP contribution in [0.15, 0.2) is 39.7 Å². The fraction of sp³-hybridized carbons (Fsp3) is 0.273. The lowest BCUT2D eigenvalue weighted by Gasteiger charge is -2.12. The van der Waals surface area contributed by atoms with Crippen molar-refractivity contribution in [1.29, 1.82) is 0 Å². The van der Waals surface area contributed by atoms with E-state index < -0.39 is 26.7 Å². The Morgan fingerprint density at radius 3 is 2.47 bits per heavy atom. The van der Waals surface area contributed by atoms with Crippen LogP contribution in [0.3, 0.4) is 0 Å². The number of rotatable bonds is 4. The van der Waals surface area contributed by atoms with Crippen LogP contribution >= 0.6 is 15.9 Å². The van der Waals surface area contributed by atoms with Gasteiger partial charge >= 0.3 is 6.18 Å². The SMILES string of the molecule is C=C(C)CNS(=O)(=O)c1cc(C(F)(F)F)ccc1Br. The smallest absolute Gasteiger partial charge is 0.207 e. The van der Waals surface area contributed by atoms with E-state index in [0.717, 1.165) is 12.1 Å². The van der Waals surface area contributed by atoms with Crippen LogP contribution in [0.1, 0.15) is 12.5 Å². The van der Waals surface area contributed by atoms with Crippen molar-refractivity contribution in [2.75, 3.05) is 6.54 Å². The van der Waals surface area contributed by atoms with Crippen LogP contribution in [0.2, 0.25) is 0 Å². The van der Waals surface area contributed by atoms with Crippen molar-refractivity contribution in [2.24, 2.45) is 0 Å². The second kappa shape index (κ2) is 5.64. The van der Waals surface area contributed by atoms with Crippen LogP contribution in [-0.4, -0.2) is 15.0 Å². The molecule has 0 unspecified atom stereocenters. The number of sulfonamides is 1. The van der Waals surface area contributed by atoms with Gasteiger partial charge in [-0.05, 0) is 41.1 Å². The minimum absolute atomic E-state index is 0.0367.